The summed E-state index contributed by atoms with van der Waals surface area (Å²) >= 11 is 0. The maximum atomic E-state index is 14.1. The van der Waals surface area contributed by atoms with Gasteiger partial charge in [-0.2, -0.15) is 0 Å². The first-order valence-electron chi connectivity index (χ1n) is 14.4. The molecule has 2 aliphatic rings. The predicted octanol–water partition coefficient (Wildman–Crippen LogP) is 6.14. The molecular weight excluding hydrogens is 560 g/mol. The number of nitrogens with zero attached hydrogens (tertiary/aromatic N) is 3. The van der Waals surface area contributed by atoms with Crippen molar-refractivity contribution in [3.8, 4) is 34.3 Å². The van der Waals surface area contributed by atoms with Gasteiger partial charge >= 0.3 is 0 Å². The fourth-order valence-corrected chi connectivity index (χ4v) is 6.27. The number of ketones is 1. The van der Waals surface area contributed by atoms with Gasteiger partial charge in [-0.05, 0) is 18.2 Å². The summed E-state index contributed by atoms with van der Waals surface area (Å²) in [5.74, 6) is 2.83. The minimum Gasteiger partial charge on any atom is -0.495 e. The number of rotatable bonds is 8. The van der Waals surface area contributed by atoms with E-state index in [4.69, 9.17) is 23.5 Å². The van der Waals surface area contributed by atoms with E-state index in [0.717, 1.165) is 48.9 Å². The highest BCUT2D eigenvalue weighted by atomic mass is 16.5. The molecule has 1 saturated heterocycles. The highest BCUT2D eigenvalue weighted by molar-refractivity contribution is 6.28. The molecule has 10 heteroatoms. The largest absolute Gasteiger partial charge is 0.495 e. The summed E-state index contributed by atoms with van der Waals surface area (Å²) in [4.78, 5) is 18.7. The Morgan fingerprint density at radius 3 is 2.00 bits per heavy atom. The van der Waals surface area contributed by atoms with Crippen LogP contribution in [0.15, 0.2) is 71.3 Å². The van der Waals surface area contributed by atoms with E-state index in [-0.39, 0.29) is 5.78 Å². The molecule has 0 amide bonds. The van der Waals surface area contributed by atoms with E-state index < -0.39 is 0 Å². The topological polar surface area (TPSA) is 98.5 Å². The van der Waals surface area contributed by atoms with Gasteiger partial charge in [0.15, 0.2) is 23.0 Å². The van der Waals surface area contributed by atoms with E-state index in [2.05, 4.69) is 26.3 Å². The van der Waals surface area contributed by atoms with Gasteiger partial charge in [0.05, 0.1) is 56.5 Å². The summed E-state index contributed by atoms with van der Waals surface area (Å²) in [7, 11) is 6.41. The zero-order valence-corrected chi connectivity index (χ0v) is 25.0. The van der Waals surface area contributed by atoms with Crippen LogP contribution in [0.5, 0.6) is 23.0 Å². The number of hydrogen-bond donors (Lipinski definition) is 1. The third kappa shape index (κ3) is 4.33. The average molecular weight is 593 g/mol. The number of piperazine rings is 1. The van der Waals surface area contributed by atoms with Crippen molar-refractivity contribution in [1.29, 1.82) is 0 Å². The highest BCUT2D eigenvalue weighted by Crippen LogP contribution is 2.48. The zero-order valence-electron chi connectivity index (χ0n) is 25.0. The number of fused-ring (bicyclic) bond motifs is 2. The van der Waals surface area contributed by atoms with Gasteiger partial charge in [0.25, 0.3) is 0 Å². The molecule has 0 spiro atoms. The van der Waals surface area contributed by atoms with Crippen molar-refractivity contribution < 1.29 is 28.3 Å². The molecule has 1 aliphatic carbocycles. The van der Waals surface area contributed by atoms with E-state index in [1.807, 2.05) is 60.7 Å². The Labute approximate surface area is 254 Å². The van der Waals surface area contributed by atoms with Crippen LogP contribution < -0.4 is 34.1 Å². The quantitative estimate of drug-likeness (QED) is 0.222. The molecule has 2 heterocycles. The van der Waals surface area contributed by atoms with Crippen molar-refractivity contribution in [1.82, 2.24) is 5.16 Å². The number of benzene rings is 4. The second-order valence-electron chi connectivity index (χ2n) is 10.6. The van der Waals surface area contributed by atoms with Crippen LogP contribution in [0.4, 0.5) is 22.7 Å². The molecule has 4 aromatic carbocycles. The first-order valence-corrected chi connectivity index (χ1v) is 14.4. The van der Waals surface area contributed by atoms with Gasteiger partial charge in [0.1, 0.15) is 11.3 Å². The van der Waals surface area contributed by atoms with Gasteiger partial charge in [-0.3, -0.25) is 4.79 Å². The average Bonchev–Trinajstić information content (AvgIpc) is 3.52. The summed E-state index contributed by atoms with van der Waals surface area (Å²) in [6.07, 6.45) is 0. The Morgan fingerprint density at radius 2 is 1.34 bits per heavy atom. The second kappa shape index (κ2) is 11.0. The molecule has 0 radical (unpaired) electrons. The van der Waals surface area contributed by atoms with Crippen molar-refractivity contribution in [2.45, 2.75) is 0 Å². The fraction of sp³-hybridized carbons (Fsp3) is 0.235. The molecule has 7 rings (SSSR count). The minimum atomic E-state index is -0.0937. The van der Waals surface area contributed by atoms with E-state index in [1.54, 1.807) is 28.4 Å². The molecule has 0 saturated carbocycles. The Bertz CT molecular complexity index is 1870. The lowest BCUT2D eigenvalue weighted by Crippen LogP contribution is -2.46. The van der Waals surface area contributed by atoms with Gasteiger partial charge < -0.3 is 38.6 Å². The molecule has 44 heavy (non-hydrogen) atoms. The van der Waals surface area contributed by atoms with Crippen molar-refractivity contribution in [3.05, 3.63) is 77.9 Å². The van der Waals surface area contributed by atoms with E-state index in [0.29, 0.717) is 56.4 Å². The molecule has 1 aliphatic heterocycles. The summed E-state index contributed by atoms with van der Waals surface area (Å²) < 4.78 is 28.3. The van der Waals surface area contributed by atoms with Crippen molar-refractivity contribution >= 4 is 39.4 Å². The Balaban J connectivity index is 1.34. The molecule has 5 aromatic rings. The number of carbonyl (C=O) groups excluding carboxylic acids is 1. The monoisotopic (exact) mass is 592 g/mol. The van der Waals surface area contributed by atoms with Crippen LogP contribution in [0.2, 0.25) is 0 Å². The van der Waals surface area contributed by atoms with Crippen molar-refractivity contribution in [2.24, 2.45) is 0 Å². The maximum Gasteiger partial charge on any atom is 0.203 e. The van der Waals surface area contributed by atoms with Crippen LogP contribution >= 0.6 is 0 Å². The summed E-state index contributed by atoms with van der Waals surface area (Å²) in [5, 5.41) is 8.74. The van der Waals surface area contributed by atoms with Gasteiger partial charge in [0, 0.05) is 55.1 Å². The number of anilines is 4. The molecule has 10 nitrogen and oxygen atoms in total. The van der Waals surface area contributed by atoms with Gasteiger partial charge in [-0.1, -0.05) is 41.6 Å². The number of hydrogen-bond acceptors (Lipinski definition) is 10. The Morgan fingerprint density at radius 1 is 0.727 bits per heavy atom. The van der Waals surface area contributed by atoms with E-state index in [1.165, 1.54) is 0 Å². The molecule has 0 bridgehead atoms. The van der Waals surface area contributed by atoms with Crippen LogP contribution in [0.25, 0.3) is 22.2 Å². The third-order valence-corrected chi connectivity index (χ3v) is 8.37. The number of para-hydroxylation sites is 2. The number of aromatic nitrogens is 1. The van der Waals surface area contributed by atoms with Crippen LogP contribution in [0.1, 0.15) is 15.9 Å². The van der Waals surface area contributed by atoms with Crippen LogP contribution in [-0.4, -0.2) is 65.6 Å². The van der Waals surface area contributed by atoms with E-state index in [9.17, 15) is 4.79 Å². The molecule has 1 N–H and O–H groups in total. The van der Waals surface area contributed by atoms with Gasteiger partial charge in [-0.15, -0.1) is 0 Å². The molecule has 224 valence electrons. The lowest BCUT2D eigenvalue weighted by Gasteiger charge is -2.38. The lowest BCUT2D eigenvalue weighted by atomic mass is 9.86. The SMILES string of the molecule is COc1ccccc1N1CCN(c2cc(Nc3cc(OC)c(OC)c(OC)c3)c3c4c(onc24)-c2ccccc2C3=O)CC1. The number of carbonyl (C=O) groups is 1. The molecule has 1 aromatic heterocycles. The highest BCUT2D eigenvalue weighted by Gasteiger charge is 2.34. The molecule has 1 fully saturated rings. The lowest BCUT2D eigenvalue weighted by molar-refractivity contribution is 0.104. The first-order chi connectivity index (χ1) is 21.6. The number of nitrogens with one attached hydrogen (secondary N) is 1. The second-order valence-corrected chi connectivity index (χ2v) is 10.6. The number of ether oxygens (including phenoxy) is 4. The Kier molecular flexibility index (Phi) is 6.88. The summed E-state index contributed by atoms with van der Waals surface area (Å²) in [5.41, 5.74) is 5.76. The zero-order chi connectivity index (χ0) is 30.4. The third-order valence-electron chi connectivity index (χ3n) is 8.37. The van der Waals surface area contributed by atoms with E-state index >= 15 is 0 Å². The Hall–Kier alpha value is -5.38. The molecular formula is C34H32N4O6. The minimum absolute atomic E-state index is 0.0937. The standard InChI is InChI=1S/C34H32N4O6/c1-40-26-12-8-7-11-24(26)37-13-15-38(16-14-37)25-19-23(35-20-17-27(41-2)34(43-4)28(18-20)42-3)29-30-31(25)36-44-33(30)22-10-6-5-9-21(22)32(29)39/h5-12,17-19,35H,13-16H2,1-4H3. The number of methoxy groups -OCH3 is 4. The molecule has 0 atom stereocenters. The fourth-order valence-electron chi connectivity index (χ4n) is 6.27. The van der Waals surface area contributed by atoms with Gasteiger partial charge in [-0.25, -0.2) is 0 Å². The van der Waals surface area contributed by atoms with Crippen molar-refractivity contribution in [2.75, 3.05) is 69.7 Å². The summed E-state index contributed by atoms with van der Waals surface area (Å²) in [6.45, 7) is 3.04. The summed E-state index contributed by atoms with van der Waals surface area (Å²) in [6, 6.07) is 21.2. The first kappa shape index (κ1) is 27.5. The van der Waals surface area contributed by atoms with Crippen LogP contribution in [-0.2, 0) is 0 Å². The predicted molar refractivity (Wildman–Crippen MR) is 170 cm³/mol. The smallest absolute Gasteiger partial charge is 0.203 e. The van der Waals surface area contributed by atoms with Crippen LogP contribution in [0, 0.1) is 0 Å². The van der Waals surface area contributed by atoms with Crippen LogP contribution in [0.3, 0.4) is 0 Å². The van der Waals surface area contributed by atoms with Gasteiger partial charge in [0.2, 0.25) is 5.75 Å². The maximum absolute atomic E-state index is 14.1. The van der Waals surface area contributed by atoms with Crippen molar-refractivity contribution in [3.63, 3.8) is 0 Å². The molecule has 0 unspecified atom stereocenters. The normalized spacial score (nSPS) is 14.0.